The maximum absolute atomic E-state index is 12.5. The summed E-state index contributed by atoms with van der Waals surface area (Å²) in [4.78, 5) is 24.6. The van der Waals surface area contributed by atoms with Crippen LogP contribution in [-0.2, 0) is 0 Å². The molecule has 3 rings (SSSR count). The molecule has 6 heteroatoms. The molecular weight excluding hydrogens is 326 g/mol. The highest BCUT2D eigenvalue weighted by atomic mass is 16.2. The third kappa shape index (κ3) is 3.97. The number of anilines is 4. The monoisotopic (exact) mass is 347 g/mol. The van der Waals surface area contributed by atoms with Gasteiger partial charge >= 0.3 is 0 Å². The van der Waals surface area contributed by atoms with Crippen molar-refractivity contribution in [3.05, 3.63) is 72.6 Å². The minimum absolute atomic E-state index is 0.155. The molecule has 0 atom stereocenters. The molecule has 26 heavy (non-hydrogen) atoms. The second kappa shape index (κ2) is 7.65. The van der Waals surface area contributed by atoms with Gasteiger partial charge in [0.25, 0.3) is 5.91 Å². The van der Waals surface area contributed by atoms with Gasteiger partial charge in [-0.1, -0.05) is 18.2 Å². The van der Waals surface area contributed by atoms with Gasteiger partial charge in [-0.2, -0.15) is 0 Å². The van der Waals surface area contributed by atoms with Crippen LogP contribution in [0.15, 0.2) is 67.0 Å². The molecule has 2 aromatic carbocycles. The Morgan fingerprint density at radius 2 is 1.46 bits per heavy atom. The molecular formula is C20H21N5O. The lowest BCUT2D eigenvalue weighted by Crippen LogP contribution is -2.26. The molecule has 0 aliphatic rings. The summed E-state index contributed by atoms with van der Waals surface area (Å²) in [6.07, 6.45) is 3.07. The average Bonchev–Trinajstić information content (AvgIpc) is 2.68. The molecule has 3 aromatic rings. The van der Waals surface area contributed by atoms with E-state index in [0.717, 1.165) is 17.1 Å². The first-order valence-corrected chi connectivity index (χ1v) is 8.24. The van der Waals surface area contributed by atoms with Gasteiger partial charge in [0.1, 0.15) is 0 Å². The van der Waals surface area contributed by atoms with Gasteiger partial charge in [-0.05, 0) is 36.4 Å². The minimum Gasteiger partial charge on any atom is -0.378 e. The molecule has 0 aliphatic heterocycles. The van der Waals surface area contributed by atoms with Gasteiger partial charge in [0.2, 0.25) is 5.95 Å². The number of carbonyl (C=O) groups excluding carboxylic acids is 1. The highest BCUT2D eigenvalue weighted by Crippen LogP contribution is 2.19. The zero-order valence-corrected chi connectivity index (χ0v) is 15.0. The Balaban J connectivity index is 1.69. The van der Waals surface area contributed by atoms with Crippen LogP contribution in [0.5, 0.6) is 0 Å². The van der Waals surface area contributed by atoms with Crippen LogP contribution < -0.4 is 15.1 Å². The van der Waals surface area contributed by atoms with Crippen LogP contribution in [0.3, 0.4) is 0 Å². The molecule has 0 saturated heterocycles. The summed E-state index contributed by atoms with van der Waals surface area (Å²) in [5, 5.41) is 3.13. The number of hydrogen-bond acceptors (Lipinski definition) is 5. The third-order valence-corrected chi connectivity index (χ3v) is 3.99. The standard InChI is InChI=1S/C20H21N5O/c1-24(2)17-11-9-16(10-12-17)23-20-21-13-15(14-22-20)19(26)25(3)18-7-5-4-6-8-18/h4-14H,1-3H3,(H,21,22,23). The molecule has 1 amide bonds. The minimum atomic E-state index is -0.155. The molecule has 1 aromatic heterocycles. The quantitative estimate of drug-likeness (QED) is 0.765. The Bertz CT molecular complexity index is 861. The van der Waals surface area contributed by atoms with Gasteiger partial charge in [0, 0.05) is 50.6 Å². The normalized spacial score (nSPS) is 10.3. The van der Waals surface area contributed by atoms with E-state index in [2.05, 4.69) is 15.3 Å². The van der Waals surface area contributed by atoms with Crippen LogP contribution in [0.2, 0.25) is 0 Å². The largest absolute Gasteiger partial charge is 0.378 e. The van der Waals surface area contributed by atoms with Crippen molar-refractivity contribution < 1.29 is 4.79 Å². The zero-order chi connectivity index (χ0) is 18.5. The third-order valence-electron chi connectivity index (χ3n) is 3.99. The van der Waals surface area contributed by atoms with Gasteiger partial charge in [-0.15, -0.1) is 0 Å². The van der Waals surface area contributed by atoms with E-state index in [9.17, 15) is 4.79 Å². The number of nitrogens with zero attached hydrogens (tertiary/aromatic N) is 4. The molecule has 0 radical (unpaired) electrons. The smallest absolute Gasteiger partial charge is 0.261 e. The van der Waals surface area contributed by atoms with Crippen LogP contribution >= 0.6 is 0 Å². The molecule has 132 valence electrons. The van der Waals surface area contributed by atoms with Gasteiger partial charge in [0.05, 0.1) is 5.56 Å². The predicted molar refractivity (Wildman–Crippen MR) is 105 cm³/mol. The van der Waals surface area contributed by atoms with Crippen molar-refractivity contribution in [3.63, 3.8) is 0 Å². The van der Waals surface area contributed by atoms with Gasteiger partial charge in [-0.25, -0.2) is 9.97 Å². The maximum atomic E-state index is 12.5. The van der Waals surface area contributed by atoms with Crippen LogP contribution in [0.25, 0.3) is 0 Å². The van der Waals surface area contributed by atoms with Crippen molar-refractivity contribution in [2.45, 2.75) is 0 Å². The number of para-hydroxylation sites is 1. The number of nitrogens with one attached hydrogen (secondary N) is 1. The predicted octanol–water partition coefficient (Wildman–Crippen LogP) is 3.56. The van der Waals surface area contributed by atoms with E-state index in [4.69, 9.17) is 0 Å². The van der Waals surface area contributed by atoms with E-state index in [-0.39, 0.29) is 5.91 Å². The molecule has 1 N–H and O–H groups in total. The van der Waals surface area contributed by atoms with E-state index in [0.29, 0.717) is 11.5 Å². The highest BCUT2D eigenvalue weighted by molar-refractivity contribution is 6.05. The van der Waals surface area contributed by atoms with Gasteiger partial charge in [-0.3, -0.25) is 4.79 Å². The Labute approximate surface area is 153 Å². The maximum Gasteiger partial charge on any atom is 0.261 e. The molecule has 0 aliphatic carbocycles. The molecule has 0 unspecified atom stereocenters. The van der Waals surface area contributed by atoms with Crippen LogP contribution in [-0.4, -0.2) is 37.0 Å². The van der Waals surface area contributed by atoms with E-state index < -0.39 is 0 Å². The second-order valence-corrected chi connectivity index (χ2v) is 6.06. The summed E-state index contributed by atoms with van der Waals surface area (Å²) in [5.74, 6) is 0.291. The Morgan fingerprint density at radius 3 is 2.04 bits per heavy atom. The summed E-state index contributed by atoms with van der Waals surface area (Å²) < 4.78 is 0. The molecule has 6 nitrogen and oxygen atoms in total. The van der Waals surface area contributed by atoms with Crippen molar-refractivity contribution in [1.29, 1.82) is 0 Å². The first-order valence-electron chi connectivity index (χ1n) is 8.24. The fourth-order valence-electron chi connectivity index (χ4n) is 2.44. The number of amides is 1. The Hall–Kier alpha value is -3.41. The average molecular weight is 347 g/mol. The summed E-state index contributed by atoms with van der Waals surface area (Å²) in [7, 11) is 5.72. The van der Waals surface area contributed by atoms with Crippen LogP contribution in [0, 0.1) is 0 Å². The molecule has 0 bridgehead atoms. The number of carbonyl (C=O) groups is 1. The van der Waals surface area contributed by atoms with Crippen molar-refractivity contribution in [2.24, 2.45) is 0 Å². The number of hydrogen-bond donors (Lipinski definition) is 1. The lowest BCUT2D eigenvalue weighted by Gasteiger charge is -2.17. The van der Waals surface area contributed by atoms with Gasteiger partial charge < -0.3 is 15.1 Å². The number of aromatic nitrogens is 2. The van der Waals surface area contributed by atoms with E-state index in [1.807, 2.05) is 73.6 Å². The van der Waals surface area contributed by atoms with Crippen molar-refractivity contribution in [2.75, 3.05) is 36.3 Å². The second-order valence-electron chi connectivity index (χ2n) is 6.06. The molecule has 0 saturated carbocycles. The van der Waals surface area contributed by atoms with Crippen molar-refractivity contribution in [1.82, 2.24) is 9.97 Å². The van der Waals surface area contributed by atoms with Gasteiger partial charge in [0.15, 0.2) is 0 Å². The Morgan fingerprint density at radius 1 is 0.846 bits per heavy atom. The molecule has 1 heterocycles. The highest BCUT2D eigenvalue weighted by Gasteiger charge is 2.14. The fraction of sp³-hybridized carbons (Fsp3) is 0.150. The summed E-state index contributed by atoms with van der Waals surface area (Å²) >= 11 is 0. The lowest BCUT2D eigenvalue weighted by atomic mass is 10.2. The SMILES string of the molecule is CN(C)c1ccc(Nc2ncc(C(=O)N(C)c3ccccc3)cn2)cc1. The summed E-state index contributed by atoms with van der Waals surface area (Å²) in [6.45, 7) is 0. The lowest BCUT2D eigenvalue weighted by molar-refractivity contribution is 0.0992. The zero-order valence-electron chi connectivity index (χ0n) is 15.0. The van der Waals surface area contributed by atoms with Crippen molar-refractivity contribution >= 4 is 28.9 Å². The number of rotatable bonds is 5. The topological polar surface area (TPSA) is 61.4 Å². The first kappa shape index (κ1) is 17.4. The molecule has 0 spiro atoms. The fourth-order valence-corrected chi connectivity index (χ4v) is 2.44. The first-order chi connectivity index (χ1) is 12.5. The summed E-state index contributed by atoms with van der Waals surface area (Å²) in [6, 6.07) is 17.4. The number of benzene rings is 2. The van der Waals surface area contributed by atoms with Crippen molar-refractivity contribution in [3.8, 4) is 0 Å². The van der Waals surface area contributed by atoms with Crippen LogP contribution in [0.1, 0.15) is 10.4 Å². The van der Waals surface area contributed by atoms with E-state index in [1.54, 1.807) is 11.9 Å². The van der Waals surface area contributed by atoms with E-state index >= 15 is 0 Å². The van der Waals surface area contributed by atoms with E-state index in [1.165, 1.54) is 12.4 Å². The summed E-state index contributed by atoms with van der Waals surface area (Å²) in [5.41, 5.74) is 3.25. The molecule has 0 fully saturated rings. The Kier molecular flexibility index (Phi) is 5.12. The van der Waals surface area contributed by atoms with Crippen LogP contribution in [0.4, 0.5) is 23.0 Å².